The zero-order valence-electron chi connectivity index (χ0n) is 20.0. The minimum Gasteiger partial charge on any atom is -0.507 e. The number of benzene rings is 3. The van der Waals surface area contributed by atoms with Crippen LogP contribution in [0.2, 0.25) is 0 Å². The number of nitrogens with zero attached hydrogens (tertiary/aromatic N) is 3. The van der Waals surface area contributed by atoms with Gasteiger partial charge < -0.3 is 10.0 Å². The van der Waals surface area contributed by atoms with Crippen LogP contribution in [0, 0.1) is 21.7 Å². The lowest BCUT2D eigenvalue weighted by Crippen LogP contribution is -2.30. The number of amides is 1. The Bertz CT molecular complexity index is 1400. The quantitative estimate of drug-likeness (QED) is 0.152. The first-order chi connectivity index (χ1) is 17.7. The predicted molar refractivity (Wildman–Crippen MR) is 134 cm³/mol. The maximum absolute atomic E-state index is 14.8. The van der Waals surface area contributed by atoms with Crippen molar-refractivity contribution < 1.29 is 28.4 Å². The molecule has 190 valence electrons. The number of rotatable bonds is 7. The lowest BCUT2D eigenvalue weighted by Gasteiger charge is -2.27. The number of hydrogen-bond donors (Lipinski definition) is 1. The second kappa shape index (κ2) is 10.2. The van der Waals surface area contributed by atoms with Crippen LogP contribution in [0.25, 0.3) is 5.76 Å². The van der Waals surface area contributed by atoms with Crippen LogP contribution in [-0.4, -0.2) is 34.8 Å². The third-order valence-electron chi connectivity index (χ3n) is 6.30. The molecule has 0 bridgehead atoms. The molecule has 3 aromatic carbocycles. The number of anilines is 2. The van der Waals surface area contributed by atoms with Gasteiger partial charge in [0.1, 0.15) is 17.4 Å². The highest BCUT2D eigenvalue weighted by molar-refractivity contribution is 6.51. The summed E-state index contributed by atoms with van der Waals surface area (Å²) in [5.74, 6) is -4.58. The van der Waals surface area contributed by atoms with E-state index >= 15 is 0 Å². The molecule has 0 aliphatic carbocycles. The largest absolute Gasteiger partial charge is 0.507 e. The number of nitro benzene ring substituents is 1. The number of Topliss-reactive ketones (excluding diaryl/α,β-unsaturated/α-hetero) is 1. The van der Waals surface area contributed by atoms with Crippen molar-refractivity contribution in [2.45, 2.75) is 19.9 Å². The molecule has 37 heavy (non-hydrogen) atoms. The molecular weight excluding hydrogens is 484 g/mol. The van der Waals surface area contributed by atoms with E-state index in [0.29, 0.717) is 5.56 Å². The number of non-ortho nitro benzene ring substituents is 1. The summed E-state index contributed by atoms with van der Waals surface area (Å²) in [6.07, 6.45) is 0. The highest BCUT2D eigenvalue weighted by Crippen LogP contribution is 2.43. The van der Waals surface area contributed by atoms with Gasteiger partial charge in [-0.2, -0.15) is 0 Å². The van der Waals surface area contributed by atoms with Crippen molar-refractivity contribution in [3.8, 4) is 0 Å². The third-order valence-corrected chi connectivity index (χ3v) is 6.30. The molecule has 0 radical (unpaired) electrons. The smallest absolute Gasteiger partial charge is 0.300 e. The Morgan fingerprint density at radius 3 is 2.19 bits per heavy atom. The van der Waals surface area contributed by atoms with Gasteiger partial charge in [0.05, 0.1) is 22.2 Å². The molecule has 1 atom stereocenters. The number of carbonyl (C=O) groups excluding carboxylic acids is 2. The zero-order valence-corrected chi connectivity index (χ0v) is 20.0. The number of hydrogen-bond acceptors (Lipinski definition) is 6. The maximum Gasteiger partial charge on any atom is 0.300 e. The average Bonchev–Trinajstić information content (AvgIpc) is 3.16. The van der Waals surface area contributed by atoms with Crippen molar-refractivity contribution in [2.75, 3.05) is 22.9 Å². The summed E-state index contributed by atoms with van der Waals surface area (Å²) in [5.41, 5.74) is 0.261. The fourth-order valence-electron chi connectivity index (χ4n) is 4.42. The summed E-state index contributed by atoms with van der Waals surface area (Å²) >= 11 is 0. The van der Waals surface area contributed by atoms with E-state index in [2.05, 4.69) is 4.90 Å². The van der Waals surface area contributed by atoms with E-state index in [1.54, 1.807) is 24.3 Å². The first-order valence-electron chi connectivity index (χ1n) is 11.5. The Morgan fingerprint density at radius 2 is 1.62 bits per heavy atom. The summed E-state index contributed by atoms with van der Waals surface area (Å²) in [6.45, 7) is 5.46. The van der Waals surface area contributed by atoms with Crippen molar-refractivity contribution in [3.05, 3.63) is 105 Å². The molecule has 1 fully saturated rings. The monoisotopic (exact) mass is 507 g/mol. The van der Waals surface area contributed by atoms with Crippen LogP contribution in [0.1, 0.15) is 31.0 Å². The average molecular weight is 507 g/mol. The number of carbonyl (C=O) groups is 2. The molecule has 1 unspecified atom stereocenters. The zero-order chi connectivity index (χ0) is 26.9. The van der Waals surface area contributed by atoms with Crippen LogP contribution in [-0.2, 0) is 9.59 Å². The summed E-state index contributed by atoms with van der Waals surface area (Å²) in [7, 11) is 0. The Balaban J connectivity index is 1.92. The Labute approximate surface area is 211 Å². The lowest BCUT2D eigenvalue weighted by atomic mass is 9.94. The van der Waals surface area contributed by atoms with Crippen LogP contribution in [0.4, 0.5) is 25.8 Å². The van der Waals surface area contributed by atoms with Gasteiger partial charge in [0.2, 0.25) is 0 Å². The molecule has 4 rings (SSSR count). The van der Waals surface area contributed by atoms with Gasteiger partial charge in [-0.1, -0.05) is 12.1 Å². The summed E-state index contributed by atoms with van der Waals surface area (Å²) < 4.78 is 28.9. The molecule has 0 aromatic heterocycles. The topological polar surface area (TPSA) is 104 Å². The van der Waals surface area contributed by atoms with Gasteiger partial charge in [-0.25, -0.2) is 8.78 Å². The fraction of sp³-hybridized carbons (Fsp3) is 0.185. The second-order valence-corrected chi connectivity index (χ2v) is 8.33. The molecule has 3 aromatic rings. The molecule has 1 heterocycles. The van der Waals surface area contributed by atoms with Gasteiger partial charge >= 0.3 is 0 Å². The first-order valence-corrected chi connectivity index (χ1v) is 11.5. The molecule has 0 saturated carbocycles. The van der Waals surface area contributed by atoms with Crippen molar-refractivity contribution >= 4 is 34.5 Å². The van der Waals surface area contributed by atoms with E-state index in [0.717, 1.165) is 54.0 Å². The second-order valence-electron chi connectivity index (χ2n) is 8.33. The van der Waals surface area contributed by atoms with Gasteiger partial charge in [0.25, 0.3) is 17.4 Å². The minimum absolute atomic E-state index is 0.0491. The molecule has 1 aliphatic rings. The predicted octanol–water partition coefficient (Wildman–Crippen LogP) is 5.35. The first kappa shape index (κ1) is 25.5. The van der Waals surface area contributed by atoms with Gasteiger partial charge in [0, 0.05) is 42.5 Å². The molecular formula is C27H23F2N3O5. The van der Waals surface area contributed by atoms with E-state index in [9.17, 15) is 33.6 Å². The van der Waals surface area contributed by atoms with E-state index in [4.69, 9.17) is 0 Å². The normalized spacial score (nSPS) is 16.8. The highest BCUT2D eigenvalue weighted by Gasteiger charge is 2.47. The maximum atomic E-state index is 14.8. The Hall–Kier alpha value is -4.60. The van der Waals surface area contributed by atoms with E-state index in [-0.39, 0.29) is 16.8 Å². The SMILES string of the molecule is CCN(CC)c1ccc(C2/C(=C(\O)c3ccc([N+](=O)[O-])cc3)C(=O)C(=O)N2c2cc(F)ccc2F)cc1. The van der Waals surface area contributed by atoms with Crippen molar-refractivity contribution in [2.24, 2.45) is 0 Å². The Kier molecular flexibility index (Phi) is 7.01. The van der Waals surface area contributed by atoms with E-state index in [1.165, 1.54) is 12.1 Å². The molecule has 1 N–H and O–H groups in total. The summed E-state index contributed by atoms with van der Waals surface area (Å²) in [5, 5.41) is 22.1. The Morgan fingerprint density at radius 1 is 1.00 bits per heavy atom. The minimum atomic E-state index is -1.28. The highest BCUT2D eigenvalue weighted by atomic mass is 19.1. The summed E-state index contributed by atoms with van der Waals surface area (Å²) in [4.78, 5) is 39.6. The third kappa shape index (κ3) is 4.65. The van der Waals surface area contributed by atoms with Crippen LogP contribution in [0.3, 0.4) is 0 Å². The molecule has 1 aliphatic heterocycles. The van der Waals surface area contributed by atoms with Crippen molar-refractivity contribution in [1.29, 1.82) is 0 Å². The molecule has 1 amide bonds. The van der Waals surface area contributed by atoms with Gasteiger partial charge in [-0.05, 0) is 55.8 Å². The molecule has 0 spiro atoms. The summed E-state index contributed by atoms with van der Waals surface area (Å²) in [6, 6.07) is 12.9. The van der Waals surface area contributed by atoms with Crippen LogP contribution < -0.4 is 9.80 Å². The van der Waals surface area contributed by atoms with E-state index < -0.39 is 45.7 Å². The number of ketones is 1. The number of aliphatic hydroxyl groups is 1. The van der Waals surface area contributed by atoms with Crippen LogP contribution in [0.15, 0.2) is 72.3 Å². The lowest BCUT2D eigenvalue weighted by molar-refractivity contribution is -0.384. The number of aliphatic hydroxyl groups excluding tert-OH is 1. The van der Waals surface area contributed by atoms with E-state index in [1.807, 2.05) is 13.8 Å². The molecule has 8 nitrogen and oxygen atoms in total. The van der Waals surface area contributed by atoms with Crippen molar-refractivity contribution in [3.63, 3.8) is 0 Å². The number of nitro groups is 1. The van der Waals surface area contributed by atoms with Gasteiger partial charge in [0.15, 0.2) is 0 Å². The van der Waals surface area contributed by atoms with Crippen LogP contribution in [0.5, 0.6) is 0 Å². The fourth-order valence-corrected chi connectivity index (χ4v) is 4.42. The van der Waals surface area contributed by atoms with Gasteiger partial charge in [-0.3, -0.25) is 24.6 Å². The standard InChI is InChI=1S/C27H23F2N3O5/c1-3-30(4-2)19-10-5-16(6-11-19)24-23(25(33)17-7-12-20(13-8-17)32(36)37)26(34)27(35)31(24)22-15-18(28)9-14-21(22)29/h5-15,24,33H,3-4H2,1-2H3/b25-23+. The van der Waals surface area contributed by atoms with Crippen LogP contribution >= 0.6 is 0 Å². The molecule has 10 heteroatoms. The molecule has 1 saturated heterocycles. The van der Waals surface area contributed by atoms with Crippen molar-refractivity contribution in [1.82, 2.24) is 0 Å². The van der Waals surface area contributed by atoms with Gasteiger partial charge in [-0.15, -0.1) is 0 Å². The number of halogens is 2.